The minimum atomic E-state index is -4.16. The van der Waals surface area contributed by atoms with E-state index in [0.29, 0.717) is 22.0 Å². The van der Waals surface area contributed by atoms with E-state index < -0.39 is 28.5 Å². The highest BCUT2D eigenvalue weighted by molar-refractivity contribution is 7.92. The third kappa shape index (κ3) is 7.55. The summed E-state index contributed by atoms with van der Waals surface area (Å²) in [5, 5.41) is 3.29. The van der Waals surface area contributed by atoms with Crippen LogP contribution in [0.2, 0.25) is 5.02 Å². The van der Waals surface area contributed by atoms with Crippen LogP contribution in [0, 0.1) is 13.8 Å². The molecule has 8 nitrogen and oxygen atoms in total. The van der Waals surface area contributed by atoms with E-state index in [9.17, 15) is 18.0 Å². The number of amides is 2. The van der Waals surface area contributed by atoms with Gasteiger partial charge in [-0.05, 0) is 88.2 Å². The van der Waals surface area contributed by atoms with Crippen LogP contribution < -0.4 is 14.4 Å². The summed E-state index contributed by atoms with van der Waals surface area (Å²) in [6.45, 7) is 8.46. The molecule has 0 aromatic heterocycles. The highest BCUT2D eigenvalue weighted by Gasteiger charge is 2.33. The lowest BCUT2D eigenvalue weighted by molar-refractivity contribution is -0.139. The number of benzene rings is 3. The normalized spacial score (nSPS) is 12.1. The number of aryl methyl sites for hydroxylation is 2. The Morgan fingerprint density at radius 1 is 0.950 bits per heavy atom. The van der Waals surface area contributed by atoms with Crippen LogP contribution in [0.1, 0.15) is 37.5 Å². The summed E-state index contributed by atoms with van der Waals surface area (Å²) < 4.78 is 34.2. The smallest absolute Gasteiger partial charge is 0.264 e. The molecule has 3 aromatic carbocycles. The maximum Gasteiger partial charge on any atom is 0.264 e. The summed E-state index contributed by atoms with van der Waals surface area (Å²) in [7, 11) is -2.60. The molecule has 40 heavy (non-hydrogen) atoms. The van der Waals surface area contributed by atoms with Crippen LogP contribution in [0.3, 0.4) is 0 Å². The fraction of sp³-hybridized carbons (Fsp3) is 0.333. The third-order valence-electron chi connectivity index (χ3n) is 6.43. The van der Waals surface area contributed by atoms with E-state index in [2.05, 4.69) is 5.32 Å². The molecule has 214 valence electrons. The summed E-state index contributed by atoms with van der Waals surface area (Å²) in [5.74, 6) is -0.222. The molecule has 1 atom stereocenters. The van der Waals surface area contributed by atoms with Crippen molar-refractivity contribution < 1.29 is 22.7 Å². The van der Waals surface area contributed by atoms with Crippen LogP contribution in [0.25, 0.3) is 0 Å². The summed E-state index contributed by atoms with van der Waals surface area (Å²) in [4.78, 5) is 28.4. The lowest BCUT2D eigenvalue weighted by Gasteiger charge is -2.32. The Kier molecular flexibility index (Phi) is 10.2. The third-order valence-corrected chi connectivity index (χ3v) is 8.43. The lowest BCUT2D eigenvalue weighted by atomic mass is 10.1. The molecule has 3 aromatic rings. The predicted molar refractivity (Wildman–Crippen MR) is 158 cm³/mol. The first-order valence-electron chi connectivity index (χ1n) is 12.9. The summed E-state index contributed by atoms with van der Waals surface area (Å²) in [6.07, 6.45) is 0. The number of rotatable bonds is 11. The van der Waals surface area contributed by atoms with Crippen LogP contribution in [0.15, 0.2) is 71.6 Å². The second-order valence-electron chi connectivity index (χ2n) is 9.96. The van der Waals surface area contributed by atoms with Gasteiger partial charge in [0.15, 0.2) is 0 Å². The number of nitrogens with zero attached hydrogens (tertiary/aromatic N) is 2. The molecular formula is C30H36ClN3O5S. The lowest BCUT2D eigenvalue weighted by Crippen LogP contribution is -2.52. The van der Waals surface area contributed by atoms with Gasteiger partial charge in [0.2, 0.25) is 11.8 Å². The van der Waals surface area contributed by atoms with E-state index in [-0.39, 0.29) is 23.4 Å². The Hall–Kier alpha value is -3.56. The number of carbonyl (C=O) groups is 2. The maximum absolute atomic E-state index is 14.0. The number of halogens is 1. The fourth-order valence-electron chi connectivity index (χ4n) is 4.16. The van der Waals surface area contributed by atoms with Gasteiger partial charge in [-0.2, -0.15) is 0 Å². The number of hydrogen-bond acceptors (Lipinski definition) is 5. The average molecular weight is 586 g/mol. The van der Waals surface area contributed by atoms with Crippen molar-refractivity contribution >= 4 is 39.1 Å². The van der Waals surface area contributed by atoms with Crippen molar-refractivity contribution in [2.75, 3.05) is 18.0 Å². The SMILES string of the molecule is COc1ccc(CN(C(=O)CN(c2ccc(Cl)cc2C)S(=O)(=O)c2ccc(C)cc2)[C@H](C)C(=O)NC(C)C)cc1. The number of ether oxygens (including phenoxy) is 1. The molecule has 0 aliphatic carbocycles. The van der Waals surface area contributed by atoms with Crippen LogP contribution >= 0.6 is 11.6 Å². The van der Waals surface area contributed by atoms with Gasteiger partial charge in [-0.3, -0.25) is 13.9 Å². The first-order chi connectivity index (χ1) is 18.8. The summed E-state index contributed by atoms with van der Waals surface area (Å²) >= 11 is 6.16. The number of methoxy groups -OCH3 is 1. The first-order valence-corrected chi connectivity index (χ1v) is 14.7. The number of carbonyl (C=O) groups excluding carboxylic acids is 2. The van der Waals surface area contributed by atoms with Gasteiger partial charge in [0, 0.05) is 17.6 Å². The molecule has 3 rings (SSSR count). The Morgan fingerprint density at radius 3 is 2.12 bits per heavy atom. The van der Waals surface area contributed by atoms with E-state index in [1.54, 1.807) is 75.6 Å². The van der Waals surface area contributed by atoms with Crippen LogP contribution in [0.5, 0.6) is 5.75 Å². The van der Waals surface area contributed by atoms with E-state index in [1.165, 1.54) is 17.0 Å². The molecule has 0 spiro atoms. The summed E-state index contributed by atoms with van der Waals surface area (Å²) in [6, 6.07) is 17.4. The van der Waals surface area contributed by atoms with Crippen molar-refractivity contribution in [1.82, 2.24) is 10.2 Å². The number of anilines is 1. The number of sulfonamides is 1. The molecule has 0 saturated heterocycles. The monoisotopic (exact) mass is 585 g/mol. The van der Waals surface area contributed by atoms with Crippen LogP contribution in [-0.2, 0) is 26.2 Å². The van der Waals surface area contributed by atoms with Gasteiger partial charge in [0.25, 0.3) is 10.0 Å². The van der Waals surface area contributed by atoms with Crippen molar-refractivity contribution in [2.45, 2.75) is 58.1 Å². The molecule has 0 unspecified atom stereocenters. The van der Waals surface area contributed by atoms with Gasteiger partial charge in [-0.15, -0.1) is 0 Å². The molecule has 0 saturated carbocycles. The van der Waals surface area contributed by atoms with Crippen molar-refractivity contribution in [3.8, 4) is 5.75 Å². The minimum Gasteiger partial charge on any atom is -0.497 e. The maximum atomic E-state index is 14.0. The zero-order chi connectivity index (χ0) is 29.6. The molecular weight excluding hydrogens is 550 g/mol. The predicted octanol–water partition coefficient (Wildman–Crippen LogP) is 5.10. The molecule has 0 aliphatic heterocycles. The van der Waals surface area contributed by atoms with Gasteiger partial charge in [-0.1, -0.05) is 41.4 Å². The minimum absolute atomic E-state index is 0.0487. The summed E-state index contributed by atoms with van der Waals surface area (Å²) in [5.41, 5.74) is 2.57. The van der Waals surface area contributed by atoms with Crippen LogP contribution in [-0.4, -0.2) is 50.9 Å². The fourth-order valence-corrected chi connectivity index (χ4v) is 5.87. The van der Waals surface area contributed by atoms with Crippen molar-refractivity contribution in [3.05, 3.63) is 88.4 Å². The first kappa shape index (κ1) is 31.0. The molecule has 0 bridgehead atoms. The number of nitrogens with one attached hydrogen (secondary N) is 1. The quantitative estimate of drug-likeness (QED) is 0.338. The van der Waals surface area contributed by atoms with E-state index in [1.807, 2.05) is 20.8 Å². The molecule has 0 fully saturated rings. The van der Waals surface area contributed by atoms with Gasteiger partial charge in [0.1, 0.15) is 18.3 Å². The van der Waals surface area contributed by atoms with E-state index >= 15 is 0 Å². The standard InChI is InChI=1S/C30H36ClN3O5S/c1-20(2)32-30(36)23(5)33(18-24-9-12-26(39-6)13-10-24)29(35)19-34(28-16-11-25(31)17-22(28)4)40(37,38)27-14-7-21(3)8-15-27/h7-17,20,23H,18-19H2,1-6H3,(H,32,36)/t23-/m1/s1. The highest BCUT2D eigenvalue weighted by Crippen LogP contribution is 2.29. The van der Waals surface area contributed by atoms with E-state index in [0.717, 1.165) is 15.4 Å². The molecule has 0 radical (unpaired) electrons. The van der Waals surface area contributed by atoms with Gasteiger partial charge < -0.3 is 15.0 Å². The Labute approximate surface area is 241 Å². The molecule has 2 amide bonds. The Morgan fingerprint density at radius 2 is 1.57 bits per heavy atom. The molecule has 1 N–H and O–H groups in total. The van der Waals surface area contributed by atoms with Gasteiger partial charge in [0.05, 0.1) is 17.7 Å². The van der Waals surface area contributed by atoms with Gasteiger partial charge in [-0.25, -0.2) is 8.42 Å². The Bertz CT molecular complexity index is 1440. The largest absolute Gasteiger partial charge is 0.497 e. The van der Waals surface area contributed by atoms with Gasteiger partial charge >= 0.3 is 0 Å². The molecule has 0 heterocycles. The topological polar surface area (TPSA) is 96.0 Å². The van der Waals surface area contributed by atoms with Crippen molar-refractivity contribution in [3.63, 3.8) is 0 Å². The average Bonchev–Trinajstić information content (AvgIpc) is 2.90. The van der Waals surface area contributed by atoms with Crippen molar-refractivity contribution in [1.29, 1.82) is 0 Å². The van der Waals surface area contributed by atoms with Crippen LogP contribution in [0.4, 0.5) is 5.69 Å². The van der Waals surface area contributed by atoms with Crippen molar-refractivity contribution in [2.24, 2.45) is 0 Å². The molecule has 0 aliphatic rings. The number of hydrogen-bond donors (Lipinski definition) is 1. The zero-order valence-electron chi connectivity index (χ0n) is 23.6. The highest BCUT2D eigenvalue weighted by atomic mass is 35.5. The second kappa shape index (κ2) is 13.2. The second-order valence-corrected chi connectivity index (χ2v) is 12.3. The zero-order valence-corrected chi connectivity index (χ0v) is 25.2. The van der Waals surface area contributed by atoms with E-state index in [4.69, 9.17) is 16.3 Å². The Balaban J connectivity index is 2.06. The molecule has 10 heteroatoms.